The van der Waals surface area contributed by atoms with Crippen LogP contribution in [0.25, 0.3) is 0 Å². The number of nitro groups is 1. The van der Waals surface area contributed by atoms with Gasteiger partial charge in [0, 0.05) is 16.2 Å². The zero-order chi connectivity index (χ0) is 12.5. The second-order valence-electron chi connectivity index (χ2n) is 2.92. The Kier molecular flexibility index (Phi) is 3.73. The van der Waals surface area contributed by atoms with Crippen molar-refractivity contribution in [3.05, 3.63) is 36.9 Å². The fourth-order valence-corrected chi connectivity index (χ4v) is 1.95. The van der Waals surface area contributed by atoms with Crippen LogP contribution < -0.4 is 5.73 Å². The first-order chi connectivity index (χ1) is 7.27. The van der Waals surface area contributed by atoms with Crippen LogP contribution >= 0.6 is 22.6 Å². The van der Waals surface area contributed by atoms with Gasteiger partial charge in [-0.3, -0.25) is 10.1 Å². The molecule has 0 saturated carbocycles. The van der Waals surface area contributed by atoms with E-state index in [0.29, 0.717) is 3.57 Å². The van der Waals surface area contributed by atoms with E-state index in [2.05, 4.69) is 0 Å². The Labute approximate surface area is 102 Å². The normalized spacial score (nSPS) is 11.6. The third kappa shape index (κ3) is 2.61. The number of rotatable bonds is 2. The Morgan fingerprint density at radius 1 is 1.44 bits per heavy atom. The van der Waals surface area contributed by atoms with Crippen molar-refractivity contribution < 1.29 is 18.1 Å². The summed E-state index contributed by atoms with van der Waals surface area (Å²) in [6, 6.07) is 2.07. The summed E-state index contributed by atoms with van der Waals surface area (Å²) in [5.74, 6) is 0. The van der Waals surface area contributed by atoms with E-state index in [4.69, 9.17) is 5.73 Å². The predicted molar refractivity (Wildman–Crippen MR) is 58.7 cm³/mol. The van der Waals surface area contributed by atoms with Gasteiger partial charge in [0.1, 0.15) is 5.56 Å². The number of nitro benzene ring substituents is 1. The van der Waals surface area contributed by atoms with Gasteiger partial charge in [0.15, 0.2) is 0 Å². The lowest BCUT2D eigenvalue weighted by atomic mass is 10.1. The monoisotopic (exact) mass is 346 g/mol. The summed E-state index contributed by atoms with van der Waals surface area (Å²) in [4.78, 5) is 9.50. The van der Waals surface area contributed by atoms with Crippen LogP contribution in [0.15, 0.2) is 12.1 Å². The molecule has 0 aliphatic heterocycles. The average molecular weight is 346 g/mol. The molecule has 1 aromatic carbocycles. The number of halogens is 4. The molecule has 0 aromatic heterocycles. The van der Waals surface area contributed by atoms with Crippen LogP contribution in [0.4, 0.5) is 18.9 Å². The molecule has 2 N–H and O–H groups in total. The number of hydrogen-bond acceptors (Lipinski definition) is 3. The number of nitrogens with zero attached hydrogens (tertiary/aromatic N) is 1. The Morgan fingerprint density at radius 2 is 2.00 bits per heavy atom. The molecule has 1 rings (SSSR count). The van der Waals surface area contributed by atoms with Crippen LogP contribution in [0.3, 0.4) is 0 Å². The molecule has 0 radical (unpaired) electrons. The molecular weight excluding hydrogens is 340 g/mol. The highest BCUT2D eigenvalue weighted by Gasteiger charge is 2.40. The van der Waals surface area contributed by atoms with Gasteiger partial charge in [0.25, 0.3) is 5.69 Å². The molecule has 0 amide bonds. The zero-order valence-electron chi connectivity index (χ0n) is 7.71. The van der Waals surface area contributed by atoms with Crippen molar-refractivity contribution in [2.45, 2.75) is 12.7 Å². The SMILES string of the molecule is NCc1cc(I)cc([N+](=O)[O-])c1C(F)(F)F. The first kappa shape index (κ1) is 13.2. The summed E-state index contributed by atoms with van der Waals surface area (Å²) in [5, 5.41) is 10.6. The van der Waals surface area contributed by atoms with Gasteiger partial charge < -0.3 is 5.73 Å². The van der Waals surface area contributed by atoms with E-state index >= 15 is 0 Å². The first-order valence-corrected chi connectivity index (χ1v) is 5.09. The quantitative estimate of drug-likeness (QED) is 0.509. The zero-order valence-corrected chi connectivity index (χ0v) is 9.87. The third-order valence-corrected chi connectivity index (χ3v) is 2.49. The molecule has 0 aliphatic carbocycles. The van der Waals surface area contributed by atoms with Crippen molar-refractivity contribution in [2.75, 3.05) is 0 Å². The topological polar surface area (TPSA) is 69.2 Å². The first-order valence-electron chi connectivity index (χ1n) is 4.01. The Balaban J connectivity index is 3.58. The van der Waals surface area contributed by atoms with Crippen LogP contribution in [0.1, 0.15) is 11.1 Å². The fraction of sp³-hybridized carbons (Fsp3) is 0.250. The summed E-state index contributed by atoms with van der Waals surface area (Å²) in [7, 11) is 0. The molecule has 8 heteroatoms. The van der Waals surface area contributed by atoms with Crippen LogP contribution in [0.2, 0.25) is 0 Å². The van der Waals surface area contributed by atoms with E-state index in [1.807, 2.05) is 0 Å². The lowest BCUT2D eigenvalue weighted by Gasteiger charge is -2.12. The van der Waals surface area contributed by atoms with Crippen LogP contribution in [0.5, 0.6) is 0 Å². The summed E-state index contributed by atoms with van der Waals surface area (Å²) in [6.07, 6.45) is -4.78. The van der Waals surface area contributed by atoms with Crippen molar-refractivity contribution in [1.82, 2.24) is 0 Å². The minimum absolute atomic E-state index is 0.272. The average Bonchev–Trinajstić information content (AvgIpc) is 2.14. The van der Waals surface area contributed by atoms with Crippen molar-refractivity contribution >= 4 is 28.3 Å². The molecule has 88 valence electrons. The van der Waals surface area contributed by atoms with E-state index < -0.39 is 28.9 Å². The Bertz CT molecular complexity index is 434. The van der Waals surface area contributed by atoms with Gasteiger partial charge >= 0.3 is 6.18 Å². The van der Waals surface area contributed by atoms with E-state index in [0.717, 1.165) is 6.07 Å². The summed E-state index contributed by atoms with van der Waals surface area (Å²) >= 11 is 1.71. The van der Waals surface area contributed by atoms with Crippen molar-refractivity contribution in [3.8, 4) is 0 Å². The maximum absolute atomic E-state index is 12.6. The highest BCUT2D eigenvalue weighted by Crippen LogP contribution is 2.39. The molecule has 0 bridgehead atoms. The summed E-state index contributed by atoms with van der Waals surface area (Å²) < 4.78 is 38.2. The highest BCUT2D eigenvalue weighted by atomic mass is 127. The second-order valence-corrected chi connectivity index (χ2v) is 4.16. The fourth-order valence-electron chi connectivity index (χ4n) is 1.28. The smallest absolute Gasteiger partial charge is 0.326 e. The summed E-state index contributed by atoms with van der Waals surface area (Å²) in [6.45, 7) is -0.396. The number of hydrogen-bond donors (Lipinski definition) is 1. The van der Waals surface area contributed by atoms with Crippen molar-refractivity contribution in [1.29, 1.82) is 0 Å². The maximum Gasteiger partial charge on any atom is 0.423 e. The lowest BCUT2D eigenvalue weighted by molar-refractivity contribution is -0.388. The molecule has 0 heterocycles. The third-order valence-electron chi connectivity index (χ3n) is 1.86. The van der Waals surface area contributed by atoms with Crippen LogP contribution in [-0.2, 0) is 12.7 Å². The standard InChI is InChI=1S/C8H6F3IN2O2/c9-8(10,11)7-4(3-13)1-5(12)2-6(7)14(15)16/h1-2H,3,13H2. The summed E-state index contributed by atoms with van der Waals surface area (Å²) in [5.41, 5.74) is 2.67. The Hall–Kier alpha value is -0.900. The lowest BCUT2D eigenvalue weighted by Crippen LogP contribution is -2.15. The van der Waals surface area contributed by atoms with Gasteiger partial charge in [-0.2, -0.15) is 13.2 Å². The van der Waals surface area contributed by atoms with E-state index in [-0.39, 0.29) is 5.56 Å². The maximum atomic E-state index is 12.6. The highest BCUT2D eigenvalue weighted by molar-refractivity contribution is 14.1. The predicted octanol–water partition coefficient (Wildman–Crippen LogP) is 2.68. The second kappa shape index (κ2) is 4.53. The van der Waals surface area contributed by atoms with Gasteiger partial charge in [0.05, 0.1) is 4.92 Å². The van der Waals surface area contributed by atoms with Gasteiger partial charge in [-0.15, -0.1) is 0 Å². The molecule has 16 heavy (non-hydrogen) atoms. The van der Waals surface area contributed by atoms with Crippen LogP contribution in [0, 0.1) is 13.7 Å². The molecule has 0 atom stereocenters. The number of nitrogens with two attached hydrogens (primary N) is 1. The molecule has 0 unspecified atom stereocenters. The Morgan fingerprint density at radius 3 is 2.38 bits per heavy atom. The van der Waals surface area contributed by atoms with Crippen LogP contribution in [-0.4, -0.2) is 4.92 Å². The number of benzene rings is 1. The van der Waals surface area contributed by atoms with Gasteiger partial charge in [0.2, 0.25) is 0 Å². The van der Waals surface area contributed by atoms with Gasteiger partial charge in [-0.25, -0.2) is 0 Å². The minimum atomic E-state index is -4.78. The van der Waals surface area contributed by atoms with E-state index in [1.54, 1.807) is 22.6 Å². The molecule has 0 fully saturated rings. The molecule has 0 spiro atoms. The van der Waals surface area contributed by atoms with Gasteiger partial charge in [-0.05, 0) is 34.2 Å². The largest absolute Gasteiger partial charge is 0.423 e. The molecule has 0 saturated heterocycles. The molecular formula is C8H6F3IN2O2. The number of alkyl halides is 3. The molecule has 4 nitrogen and oxygen atoms in total. The van der Waals surface area contributed by atoms with E-state index in [9.17, 15) is 23.3 Å². The van der Waals surface area contributed by atoms with Crippen molar-refractivity contribution in [3.63, 3.8) is 0 Å². The van der Waals surface area contributed by atoms with Gasteiger partial charge in [-0.1, -0.05) is 0 Å². The van der Waals surface area contributed by atoms with E-state index in [1.165, 1.54) is 6.07 Å². The molecule has 0 aliphatic rings. The van der Waals surface area contributed by atoms with Crippen molar-refractivity contribution in [2.24, 2.45) is 5.73 Å². The minimum Gasteiger partial charge on any atom is -0.326 e. The molecule has 1 aromatic rings.